The topological polar surface area (TPSA) is 34.9 Å². The van der Waals surface area contributed by atoms with Crippen LogP contribution in [0.15, 0.2) is 29.3 Å². The molecule has 2 aliphatic rings. The van der Waals surface area contributed by atoms with Crippen LogP contribution in [0.2, 0.25) is 0 Å². The fraction of sp³-hybridized carbons (Fsp3) is 0.200. The second-order valence-electron chi connectivity index (χ2n) is 3.18. The van der Waals surface area contributed by atoms with Crippen LogP contribution in [-0.2, 0) is 7.05 Å². The minimum absolute atomic E-state index is 0. The van der Waals surface area contributed by atoms with Crippen LogP contribution >= 0.6 is 12.4 Å². The monoisotopic (exact) mass is 210 g/mol. The Morgan fingerprint density at radius 1 is 1.43 bits per heavy atom. The number of pyridine rings is 2. The van der Waals surface area contributed by atoms with E-state index in [1.165, 1.54) is 0 Å². The van der Waals surface area contributed by atoms with Gasteiger partial charge >= 0.3 is 0 Å². The first-order chi connectivity index (χ1) is 6.16. The average molecular weight is 211 g/mol. The van der Waals surface area contributed by atoms with Crippen molar-refractivity contribution in [2.24, 2.45) is 7.05 Å². The van der Waals surface area contributed by atoms with Gasteiger partial charge in [-0.1, -0.05) is 0 Å². The minimum Gasteiger partial charge on any atom is -0.356 e. The fourth-order valence-corrected chi connectivity index (χ4v) is 1.39. The highest BCUT2D eigenvalue weighted by Crippen LogP contribution is 2.15. The Labute approximate surface area is 88.2 Å². The van der Waals surface area contributed by atoms with Crippen molar-refractivity contribution in [2.45, 2.75) is 6.92 Å². The first-order valence-electron chi connectivity index (χ1n) is 4.10. The van der Waals surface area contributed by atoms with E-state index in [2.05, 4.69) is 4.98 Å². The van der Waals surface area contributed by atoms with E-state index in [0.29, 0.717) is 5.56 Å². The Morgan fingerprint density at radius 2 is 2.14 bits per heavy atom. The van der Waals surface area contributed by atoms with Gasteiger partial charge < -0.3 is 4.57 Å². The number of hydrogen-bond acceptors (Lipinski definition) is 2. The van der Waals surface area contributed by atoms with E-state index in [4.69, 9.17) is 0 Å². The molecule has 0 amide bonds. The zero-order chi connectivity index (χ0) is 9.42. The molecular formula is C10H11ClN2O. The Balaban J connectivity index is 0.000000980. The molecule has 0 N–H and O–H groups in total. The molecule has 0 aromatic rings. The van der Waals surface area contributed by atoms with E-state index in [1.54, 1.807) is 6.20 Å². The summed E-state index contributed by atoms with van der Waals surface area (Å²) < 4.78 is 1.85. The molecule has 2 aliphatic heterocycles. The number of aromatic nitrogens is 2. The third-order valence-electron chi connectivity index (χ3n) is 2.01. The van der Waals surface area contributed by atoms with Crippen molar-refractivity contribution in [1.82, 2.24) is 9.55 Å². The molecule has 0 fully saturated rings. The summed E-state index contributed by atoms with van der Waals surface area (Å²) in [7, 11) is 1.89. The zero-order valence-electron chi connectivity index (χ0n) is 8.02. The van der Waals surface area contributed by atoms with E-state index in [-0.39, 0.29) is 18.0 Å². The minimum atomic E-state index is -0.147. The maximum absolute atomic E-state index is 11.4. The standard InChI is InChI=1S/C10H10N2O.ClH/c1-7-5-8-3-4-12(2)6-9(8)10(13)11-7;/h3-6H,1-2H3;1H. The summed E-state index contributed by atoms with van der Waals surface area (Å²) in [5.41, 5.74) is 2.25. The lowest BCUT2D eigenvalue weighted by atomic mass is 10.1. The highest BCUT2D eigenvalue weighted by Gasteiger charge is 2.06. The molecular weight excluding hydrogens is 200 g/mol. The fourth-order valence-electron chi connectivity index (χ4n) is 1.39. The molecule has 2 heterocycles. The molecule has 0 unspecified atom stereocenters. The summed E-state index contributed by atoms with van der Waals surface area (Å²) >= 11 is 0. The molecule has 0 aliphatic carbocycles. The molecule has 0 aromatic carbocycles. The van der Waals surface area contributed by atoms with Crippen molar-refractivity contribution in [1.29, 1.82) is 0 Å². The van der Waals surface area contributed by atoms with Crippen LogP contribution in [0.25, 0.3) is 11.1 Å². The Kier molecular flexibility index (Phi) is 2.91. The highest BCUT2D eigenvalue weighted by molar-refractivity contribution is 5.85. The number of fused-ring (bicyclic) bond motifs is 1. The summed E-state index contributed by atoms with van der Waals surface area (Å²) in [4.78, 5) is 15.3. The summed E-state index contributed by atoms with van der Waals surface area (Å²) in [6, 6.07) is 3.84. The predicted octanol–water partition coefficient (Wildman–Crippen LogP) is 1.62. The number of nitrogens with zero attached hydrogens (tertiary/aromatic N) is 2. The van der Waals surface area contributed by atoms with Gasteiger partial charge in [0.25, 0.3) is 5.56 Å². The van der Waals surface area contributed by atoms with E-state index >= 15 is 0 Å². The molecule has 74 valence electrons. The normalized spacial score (nSPS) is 9.86. The molecule has 0 radical (unpaired) electrons. The average Bonchev–Trinajstić information content (AvgIpc) is 2.06. The molecule has 3 nitrogen and oxygen atoms in total. The van der Waals surface area contributed by atoms with Gasteiger partial charge in [-0.3, -0.25) is 4.79 Å². The van der Waals surface area contributed by atoms with Gasteiger partial charge in [-0.05, 0) is 24.6 Å². The van der Waals surface area contributed by atoms with Gasteiger partial charge in [0, 0.05) is 25.1 Å². The first-order valence-corrected chi connectivity index (χ1v) is 4.10. The van der Waals surface area contributed by atoms with Gasteiger partial charge in [-0.25, -0.2) is 4.98 Å². The van der Waals surface area contributed by atoms with Gasteiger partial charge in [0.2, 0.25) is 0 Å². The molecule has 14 heavy (non-hydrogen) atoms. The van der Waals surface area contributed by atoms with Gasteiger partial charge in [0.1, 0.15) is 0 Å². The predicted molar refractivity (Wildman–Crippen MR) is 58.1 cm³/mol. The van der Waals surface area contributed by atoms with Gasteiger partial charge in [0.15, 0.2) is 0 Å². The van der Waals surface area contributed by atoms with Crippen LogP contribution in [0.4, 0.5) is 0 Å². The van der Waals surface area contributed by atoms with Crippen molar-refractivity contribution in [3.63, 3.8) is 0 Å². The van der Waals surface area contributed by atoms with Crippen molar-refractivity contribution in [3.8, 4) is 11.1 Å². The van der Waals surface area contributed by atoms with Gasteiger partial charge in [0.05, 0.1) is 5.56 Å². The molecule has 0 bridgehead atoms. The molecule has 0 spiro atoms. The number of hydrogen-bond donors (Lipinski definition) is 0. The Bertz CT molecular complexity index is 478. The Morgan fingerprint density at radius 3 is 2.86 bits per heavy atom. The molecule has 0 atom stereocenters. The van der Waals surface area contributed by atoms with E-state index in [1.807, 2.05) is 36.9 Å². The van der Waals surface area contributed by atoms with Crippen LogP contribution in [0, 0.1) is 6.92 Å². The number of rotatable bonds is 0. The smallest absolute Gasteiger partial charge is 0.279 e. The number of aryl methyl sites for hydroxylation is 2. The lowest BCUT2D eigenvalue weighted by Gasteiger charge is -2.06. The number of halogens is 1. The third-order valence-corrected chi connectivity index (χ3v) is 2.01. The summed E-state index contributed by atoms with van der Waals surface area (Å²) in [6.07, 6.45) is 3.71. The lowest BCUT2D eigenvalue weighted by molar-refractivity contribution is 0.900. The van der Waals surface area contributed by atoms with Gasteiger partial charge in [-0.2, -0.15) is 0 Å². The summed E-state index contributed by atoms with van der Waals surface area (Å²) in [6.45, 7) is 1.83. The first kappa shape index (κ1) is 10.7. The molecule has 0 saturated heterocycles. The van der Waals surface area contributed by atoms with E-state index < -0.39 is 0 Å². The SMILES string of the molecule is Cc1cc2ccn(C)cc-2c(=O)n1.Cl. The zero-order valence-corrected chi connectivity index (χ0v) is 8.84. The maximum Gasteiger partial charge on any atom is 0.279 e. The molecule has 0 aromatic heterocycles. The van der Waals surface area contributed by atoms with Crippen molar-refractivity contribution >= 4 is 12.4 Å². The van der Waals surface area contributed by atoms with Crippen LogP contribution in [0.3, 0.4) is 0 Å². The van der Waals surface area contributed by atoms with Crippen LogP contribution < -0.4 is 5.56 Å². The van der Waals surface area contributed by atoms with Crippen LogP contribution in [0.5, 0.6) is 0 Å². The van der Waals surface area contributed by atoms with Crippen LogP contribution in [0.1, 0.15) is 5.69 Å². The maximum atomic E-state index is 11.4. The van der Waals surface area contributed by atoms with Crippen molar-refractivity contribution in [3.05, 3.63) is 40.6 Å². The quantitative estimate of drug-likeness (QED) is 0.662. The van der Waals surface area contributed by atoms with E-state index in [0.717, 1.165) is 11.3 Å². The lowest BCUT2D eigenvalue weighted by Crippen LogP contribution is -2.12. The highest BCUT2D eigenvalue weighted by atomic mass is 35.5. The second kappa shape index (κ2) is 3.80. The Hall–Kier alpha value is -1.35. The third kappa shape index (κ3) is 1.77. The molecule has 4 heteroatoms. The largest absolute Gasteiger partial charge is 0.356 e. The second-order valence-corrected chi connectivity index (χ2v) is 3.18. The van der Waals surface area contributed by atoms with Gasteiger partial charge in [-0.15, -0.1) is 12.4 Å². The van der Waals surface area contributed by atoms with Crippen molar-refractivity contribution < 1.29 is 0 Å². The van der Waals surface area contributed by atoms with Crippen molar-refractivity contribution in [2.75, 3.05) is 0 Å². The molecule has 0 saturated carbocycles. The van der Waals surface area contributed by atoms with Crippen LogP contribution in [-0.4, -0.2) is 9.55 Å². The summed E-state index contributed by atoms with van der Waals surface area (Å²) in [5, 5.41) is 0. The summed E-state index contributed by atoms with van der Waals surface area (Å²) in [5.74, 6) is 0. The molecule has 2 rings (SSSR count). The van der Waals surface area contributed by atoms with E-state index in [9.17, 15) is 4.79 Å².